The molecule has 1 saturated heterocycles. The minimum Gasteiger partial charge on any atom is -0.373 e. The fourth-order valence-electron chi connectivity index (χ4n) is 1.29. The first-order valence-electron chi connectivity index (χ1n) is 5.28. The highest BCUT2D eigenvalue weighted by Gasteiger charge is 2.38. The number of ether oxygens (including phenoxy) is 1. The van der Waals surface area contributed by atoms with E-state index in [1.807, 2.05) is 0 Å². The van der Waals surface area contributed by atoms with Gasteiger partial charge in [0.1, 0.15) is 0 Å². The average molecular weight is 236 g/mol. The predicted molar refractivity (Wildman–Crippen MR) is 56.2 cm³/mol. The standard InChI is InChI=1S/C9H20O5Si/c1-11-15(10,12-2)14-7-5-3-4-6-9-8-13-9/h9-10H,3-8H2,1-2H3. The molecular weight excluding hydrogens is 216 g/mol. The van der Waals surface area contributed by atoms with E-state index in [0.29, 0.717) is 12.7 Å². The normalized spacial score (nSPS) is 20.6. The molecule has 0 radical (unpaired) electrons. The maximum atomic E-state index is 9.54. The first-order valence-corrected chi connectivity index (χ1v) is 6.95. The van der Waals surface area contributed by atoms with Gasteiger partial charge in [-0.15, -0.1) is 0 Å². The van der Waals surface area contributed by atoms with Crippen molar-refractivity contribution >= 4 is 9.05 Å². The molecule has 6 heteroatoms. The molecule has 0 amide bonds. The van der Waals surface area contributed by atoms with Crippen LogP contribution in [-0.2, 0) is 18.0 Å². The first-order chi connectivity index (χ1) is 7.20. The summed E-state index contributed by atoms with van der Waals surface area (Å²) in [4.78, 5) is 9.54. The van der Waals surface area contributed by atoms with Crippen molar-refractivity contribution in [3.63, 3.8) is 0 Å². The van der Waals surface area contributed by atoms with E-state index < -0.39 is 9.05 Å². The van der Waals surface area contributed by atoms with E-state index in [9.17, 15) is 4.80 Å². The van der Waals surface area contributed by atoms with E-state index in [2.05, 4.69) is 0 Å². The van der Waals surface area contributed by atoms with Gasteiger partial charge in [-0.1, -0.05) is 12.8 Å². The summed E-state index contributed by atoms with van der Waals surface area (Å²) < 4.78 is 19.8. The molecule has 1 aliphatic heterocycles. The second-order valence-electron chi connectivity index (χ2n) is 3.59. The second-order valence-corrected chi connectivity index (χ2v) is 5.74. The Labute approximate surface area is 91.8 Å². The number of unbranched alkanes of at least 4 members (excludes halogenated alkanes) is 2. The van der Waals surface area contributed by atoms with Crippen LogP contribution in [0.4, 0.5) is 0 Å². The molecule has 0 aromatic heterocycles. The maximum Gasteiger partial charge on any atom is 0.676 e. The molecule has 0 aliphatic carbocycles. The highest BCUT2D eigenvalue weighted by Crippen LogP contribution is 2.17. The second kappa shape index (κ2) is 6.57. The van der Waals surface area contributed by atoms with Crippen molar-refractivity contribution in [1.29, 1.82) is 0 Å². The van der Waals surface area contributed by atoms with Crippen LogP contribution in [0.5, 0.6) is 0 Å². The van der Waals surface area contributed by atoms with Crippen LogP contribution in [0.25, 0.3) is 0 Å². The van der Waals surface area contributed by atoms with E-state index in [1.165, 1.54) is 14.2 Å². The van der Waals surface area contributed by atoms with Crippen LogP contribution >= 0.6 is 0 Å². The molecule has 1 fully saturated rings. The molecule has 1 aliphatic rings. The number of epoxide rings is 1. The molecule has 0 spiro atoms. The Kier molecular flexibility index (Phi) is 5.73. The lowest BCUT2D eigenvalue weighted by molar-refractivity contribution is 0.0222. The number of hydrogen-bond donors (Lipinski definition) is 1. The molecular formula is C9H20O5Si. The Morgan fingerprint density at radius 2 is 1.93 bits per heavy atom. The summed E-state index contributed by atoms with van der Waals surface area (Å²) in [5.41, 5.74) is 0. The highest BCUT2D eigenvalue weighted by atomic mass is 28.4. The third-order valence-electron chi connectivity index (χ3n) is 2.37. The van der Waals surface area contributed by atoms with Gasteiger partial charge in [-0.3, -0.25) is 0 Å². The number of rotatable bonds is 9. The zero-order valence-electron chi connectivity index (χ0n) is 9.40. The third kappa shape index (κ3) is 5.60. The summed E-state index contributed by atoms with van der Waals surface area (Å²) in [6.45, 7) is 1.41. The Morgan fingerprint density at radius 1 is 1.27 bits per heavy atom. The van der Waals surface area contributed by atoms with E-state index >= 15 is 0 Å². The van der Waals surface area contributed by atoms with E-state index in [4.69, 9.17) is 18.0 Å². The highest BCUT2D eigenvalue weighted by molar-refractivity contribution is 6.51. The SMILES string of the molecule is CO[Si](O)(OC)OCCCCCC1CO1. The summed E-state index contributed by atoms with van der Waals surface area (Å²) in [6.07, 6.45) is 4.78. The fourth-order valence-corrected chi connectivity index (χ4v) is 2.09. The lowest BCUT2D eigenvalue weighted by atomic mass is 10.2. The Hall–Kier alpha value is 0.0169. The quantitative estimate of drug-likeness (QED) is 0.362. The molecule has 90 valence electrons. The summed E-state index contributed by atoms with van der Waals surface area (Å²) in [5.74, 6) is 0. The molecule has 0 bridgehead atoms. The lowest BCUT2D eigenvalue weighted by Gasteiger charge is -2.18. The van der Waals surface area contributed by atoms with Crippen LogP contribution in [0.2, 0.25) is 0 Å². The first kappa shape index (κ1) is 13.1. The minimum absolute atomic E-state index is 0.482. The largest absolute Gasteiger partial charge is 0.676 e. The molecule has 1 heterocycles. The van der Waals surface area contributed by atoms with Crippen LogP contribution in [-0.4, -0.2) is 47.4 Å². The molecule has 1 rings (SSSR count). The summed E-state index contributed by atoms with van der Waals surface area (Å²) in [5, 5.41) is 0. The fraction of sp³-hybridized carbons (Fsp3) is 1.00. The van der Waals surface area contributed by atoms with Gasteiger partial charge in [-0.2, -0.15) is 0 Å². The van der Waals surface area contributed by atoms with E-state index in [1.54, 1.807) is 0 Å². The molecule has 0 aromatic carbocycles. The van der Waals surface area contributed by atoms with Gasteiger partial charge >= 0.3 is 9.05 Å². The summed E-state index contributed by atoms with van der Waals surface area (Å²) in [6, 6.07) is 0. The van der Waals surface area contributed by atoms with Crippen molar-refractivity contribution < 1.29 is 22.8 Å². The molecule has 0 saturated carbocycles. The van der Waals surface area contributed by atoms with Gasteiger partial charge in [0.05, 0.1) is 12.7 Å². The van der Waals surface area contributed by atoms with Crippen molar-refractivity contribution in [3.05, 3.63) is 0 Å². The van der Waals surface area contributed by atoms with Crippen molar-refractivity contribution in [2.45, 2.75) is 31.8 Å². The van der Waals surface area contributed by atoms with Crippen LogP contribution < -0.4 is 0 Å². The topological polar surface area (TPSA) is 60.5 Å². The lowest BCUT2D eigenvalue weighted by Crippen LogP contribution is -2.44. The van der Waals surface area contributed by atoms with Gasteiger partial charge in [0.2, 0.25) is 0 Å². The van der Waals surface area contributed by atoms with E-state index in [-0.39, 0.29) is 0 Å². The van der Waals surface area contributed by atoms with Gasteiger partial charge < -0.3 is 22.8 Å². The van der Waals surface area contributed by atoms with Gasteiger partial charge in [0, 0.05) is 20.8 Å². The average Bonchev–Trinajstić information content (AvgIpc) is 3.06. The van der Waals surface area contributed by atoms with Crippen LogP contribution in [0.15, 0.2) is 0 Å². The van der Waals surface area contributed by atoms with Crippen LogP contribution in [0, 0.1) is 0 Å². The smallest absolute Gasteiger partial charge is 0.373 e. The van der Waals surface area contributed by atoms with Crippen molar-refractivity contribution in [2.24, 2.45) is 0 Å². The van der Waals surface area contributed by atoms with Crippen LogP contribution in [0.1, 0.15) is 25.7 Å². The predicted octanol–water partition coefficient (Wildman–Crippen LogP) is 0.683. The van der Waals surface area contributed by atoms with Crippen molar-refractivity contribution in [2.75, 3.05) is 27.4 Å². The summed E-state index contributed by atoms with van der Waals surface area (Å²) >= 11 is 0. The molecule has 15 heavy (non-hydrogen) atoms. The Balaban J connectivity index is 1.90. The molecule has 0 aromatic rings. The maximum absolute atomic E-state index is 9.54. The van der Waals surface area contributed by atoms with Crippen LogP contribution in [0.3, 0.4) is 0 Å². The zero-order valence-corrected chi connectivity index (χ0v) is 10.4. The Morgan fingerprint density at radius 3 is 2.47 bits per heavy atom. The van der Waals surface area contributed by atoms with E-state index in [0.717, 1.165) is 32.3 Å². The van der Waals surface area contributed by atoms with Gasteiger partial charge in [0.15, 0.2) is 0 Å². The minimum atomic E-state index is -3.29. The number of hydrogen-bond acceptors (Lipinski definition) is 5. The monoisotopic (exact) mass is 236 g/mol. The summed E-state index contributed by atoms with van der Waals surface area (Å²) in [7, 11) is -0.514. The van der Waals surface area contributed by atoms with Crippen molar-refractivity contribution in [3.8, 4) is 0 Å². The molecule has 5 nitrogen and oxygen atoms in total. The van der Waals surface area contributed by atoms with Gasteiger partial charge in [-0.05, 0) is 12.8 Å². The molecule has 1 atom stereocenters. The molecule has 1 N–H and O–H groups in total. The molecule has 1 unspecified atom stereocenters. The van der Waals surface area contributed by atoms with Crippen molar-refractivity contribution in [1.82, 2.24) is 0 Å². The zero-order chi connectivity index (χ0) is 11.1. The Bertz CT molecular complexity index is 170. The van der Waals surface area contributed by atoms with Gasteiger partial charge in [0.25, 0.3) is 0 Å². The third-order valence-corrected chi connectivity index (χ3v) is 3.97. The van der Waals surface area contributed by atoms with Gasteiger partial charge in [-0.25, -0.2) is 0 Å².